The van der Waals surface area contributed by atoms with Gasteiger partial charge in [0.15, 0.2) is 11.5 Å². The molecule has 3 aromatic carbocycles. The summed E-state index contributed by atoms with van der Waals surface area (Å²) in [7, 11) is 3.19. The fourth-order valence-electron chi connectivity index (χ4n) is 5.05. The number of methoxy groups -OCH3 is 2. The first kappa shape index (κ1) is 27.5. The van der Waals surface area contributed by atoms with Crippen LogP contribution in [0.5, 0.6) is 11.5 Å². The molecular formula is C32H33ClN4O3. The van der Waals surface area contributed by atoms with Crippen LogP contribution in [0.4, 0.5) is 0 Å². The van der Waals surface area contributed by atoms with Gasteiger partial charge < -0.3 is 18.9 Å². The zero-order chi connectivity index (χ0) is 28.2. The summed E-state index contributed by atoms with van der Waals surface area (Å²) in [4.78, 5) is 21.5. The number of carbonyl (C=O) groups excluding carboxylic acids is 1. The lowest BCUT2D eigenvalue weighted by Crippen LogP contribution is -2.27. The molecule has 8 heteroatoms. The predicted octanol–water partition coefficient (Wildman–Crippen LogP) is 6.86. The summed E-state index contributed by atoms with van der Waals surface area (Å²) in [5.74, 6) is 1.81. The molecular weight excluding hydrogens is 524 g/mol. The Labute approximate surface area is 239 Å². The van der Waals surface area contributed by atoms with Crippen molar-refractivity contribution < 1.29 is 14.3 Å². The van der Waals surface area contributed by atoms with Crippen LogP contribution in [-0.2, 0) is 6.54 Å². The molecule has 0 N–H and O–H groups in total. The second kappa shape index (κ2) is 12.0. The van der Waals surface area contributed by atoms with E-state index in [1.807, 2.05) is 65.1 Å². The van der Waals surface area contributed by atoms with Gasteiger partial charge in [-0.2, -0.15) is 0 Å². The number of halogens is 1. The standard InChI is InChI=1S/C32H33ClN4O3/c1-5-35(6-2)19-20-36-25-9-7-8-10-26(25)37-31(30(34-32(36)37)23-13-15-24(33)16-14-23)27(38)17-11-22-12-18-28(39-3)29(21-22)40-4/h7-18,21H,5-6,19-20H2,1-4H3. The van der Waals surface area contributed by atoms with Gasteiger partial charge in [-0.3, -0.25) is 9.20 Å². The molecule has 0 radical (unpaired) electrons. The van der Waals surface area contributed by atoms with Crippen LogP contribution in [0.15, 0.2) is 72.8 Å². The maximum atomic E-state index is 14.0. The molecule has 40 heavy (non-hydrogen) atoms. The van der Waals surface area contributed by atoms with Gasteiger partial charge in [0.05, 0.1) is 25.3 Å². The first-order valence-electron chi connectivity index (χ1n) is 13.4. The molecule has 0 fully saturated rings. The number of rotatable bonds is 11. The zero-order valence-electron chi connectivity index (χ0n) is 23.2. The number of hydrogen-bond acceptors (Lipinski definition) is 5. The molecule has 0 spiro atoms. The number of ketones is 1. The Kier molecular flexibility index (Phi) is 8.24. The van der Waals surface area contributed by atoms with Gasteiger partial charge in [-0.15, -0.1) is 0 Å². The van der Waals surface area contributed by atoms with Gasteiger partial charge in [-0.1, -0.05) is 61.9 Å². The minimum atomic E-state index is -0.154. The number of para-hydroxylation sites is 2. The summed E-state index contributed by atoms with van der Waals surface area (Å²) in [5, 5.41) is 0.628. The lowest BCUT2D eigenvalue weighted by atomic mass is 10.1. The summed E-state index contributed by atoms with van der Waals surface area (Å²) in [6.07, 6.45) is 3.38. The molecule has 0 atom stereocenters. The predicted molar refractivity (Wildman–Crippen MR) is 162 cm³/mol. The van der Waals surface area contributed by atoms with E-state index < -0.39 is 0 Å². The van der Waals surface area contributed by atoms with Crippen molar-refractivity contribution in [2.75, 3.05) is 33.9 Å². The number of fused-ring (bicyclic) bond motifs is 3. The number of aromatic nitrogens is 3. The van der Waals surface area contributed by atoms with Crippen LogP contribution in [0.2, 0.25) is 5.02 Å². The first-order chi connectivity index (χ1) is 19.5. The maximum absolute atomic E-state index is 14.0. The Morgan fingerprint density at radius 1 is 0.950 bits per heavy atom. The number of carbonyl (C=O) groups is 1. The molecule has 7 nitrogen and oxygen atoms in total. The van der Waals surface area contributed by atoms with E-state index in [9.17, 15) is 4.79 Å². The topological polar surface area (TPSA) is 61.0 Å². The van der Waals surface area contributed by atoms with Gasteiger partial charge in [-0.25, -0.2) is 4.98 Å². The van der Waals surface area contributed by atoms with Crippen molar-refractivity contribution in [2.24, 2.45) is 0 Å². The summed E-state index contributed by atoms with van der Waals surface area (Å²) >= 11 is 6.19. The maximum Gasteiger partial charge on any atom is 0.216 e. The van der Waals surface area contributed by atoms with E-state index in [0.29, 0.717) is 27.9 Å². The first-order valence-corrected chi connectivity index (χ1v) is 13.8. The Hall–Kier alpha value is -4.07. The molecule has 2 aromatic heterocycles. The van der Waals surface area contributed by atoms with Crippen molar-refractivity contribution in [3.05, 3.63) is 89.1 Å². The minimum absolute atomic E-state index is 0.154. The number of likely N-dealkylation sites (N-methyl/N-ethyl adjacent to an activating group) is 1. The third kappa shape index (κ3) is 5.22. The lowest BCUT2D eigenvalue weighted by Gasteiger charge is -2.18. The average molecular weight is 557 g/mol. The van der Waals surface area contributed by atoms with Crippen LogP contribution >= 0.6 is 11.6 Å². The molecule has 0 aliphatic carbocycles. The normalized spacial score (nSPS) is 11.8. The van der Waals surface area contributed by atoms with Gasteiger partial charge >= 0.3 is 0 Å². The van der Waals surface area contributed by atoms with Crippen LogP contribution in [0.3, 0.4) is 0 Å². The fourth-order valence-corrected chi connectivity index (χ4v) is 5.18. The molecule has 5 rings (SSSR count). The van der Waals surface area contributed by atoms with E-state index in [-0.39, 0.29) is 5.78 Å². The van der Waals surface area contributed by atoms with Crippen molar-refractivity contribution in [1.29, 1.82) is 0 Å². The minimum Gasteiger partial charge on any atom is -0.493 e. The highest BCUT2D eigenvalue weighted by Crippen LogP contribution is 2.32. The van der Waals surface area contributed by atoms with Crippen LogP contribution < -0.4 is 9.47 Å². The molecule has 0 aliphatic rings. The van der Waals surface area contributed by atoms with E-state index in [4.69, 9.17) is 26.1 Å². The molecule has 0 amide bonds. The fraction of sp³-hybridized carbons (Fsp3) is 0.250. The third-order valence-corrected chi connectivity index (χ3v) is 7.49. The number of imidazole rings is 2. The highest BCUT2D eigenvalue weighted by atomic mass is 35.5. The number of nitrogens with zero attached hydrogens (tertiary/aromatic N) is 4. The molecule has 0 saturated heterocycles. The summed E-state index contributed by atoms with van der Waals surface area (Å²) in [6.45, 7) is 7.92. The smallest absolute Gasteiger partial charge is 0.216 e. The van der Waals surface area contributed by atoms with Gasteiger partial charge in [0.2, 0.25) is 11.6 Å². The van der Waals surface area contributed by atoms with Crippen LogP contribution in [-0.4, -0.2) is 58.5 Å². The Bertz CT molecular complexity index is 1680. The Morgan fingerprint density at radius 3 is 2.33 bits per heavy atom. The van der Waals surface area contributed by atoms with Crippen molar-refractivity contribution >= 4 is 40.3 Å². The lowest BCUT2D eigenvalue weighted by molar-refractivity contribution is 0.104. The molecule has 2 heterocycles. The molecule has 0 saturated carbocycles. The van der Waals surface area contributed by atoms with E-state index in [1.54, 1.807) is 26.4 Å². The number of allylic oxidation sites excluding steroid dienone is 1. The molecule has 5 aromatic rings. The SMILES string of the molecule is CCN(CC)CCn1c2ccccc2n2c(C(=O)C=Cc3ccc(OC)c(OC)c3)c(-c3ccc(Cl)cc3)nc12. The van der Waals surface area contributed by atoms with Gasteiger partial charge in [0, 0.05) is 23.7 Å². The third-order valence-electron chi connectivity index (χ3n) is 7.23. The monoisotopic (exact) mass is 556 g/mol. The van der Waals surface area contributed by atoms with E-state index in [2.05, 4.69) is 29.4 Å². The second-order valence-corrected chi connectivity index (χ2v) is 9.87. The number of hydrogen-bond donors (Lipinski definition) is 0. The van der Waals surface area contributed by atoms with Crippen molar-refractivity contribution in [3.63, 3.8) is 0 Å². The van der Waals surface area contributed by atoms with Crippen LogP contribution in [0.25, 0.3) is 34.1 Å². The summed E-state index contributed by atoms with van der Waals surface area (Å²) in [6, 6.07) is 21.1. The molecule has 206 valence electrons. The molecule has 0 unspecified atom stereocenters. The quantitative estimate of drug-likeness (QED) is 0.131. The highest BCUT2D eigenvalue weighted by molar-refractivity contribution is 6.30. The average Bonchev–Trinajstić information content (AvgIpc) is 3.52. The molecule has 0 aliphatic heterocycles. The van der Waals surface area contributed by atoms with Crippen molar-refractivity contribution in [3.8, 4) is 22.8 Å². The van der Waals surface area contributed by atoms with Crippen LogP contribution in [0.1, 0.15) is 29.9 Å². The summed E-state index contributed by atoms with van der Waals surface area (Å²) in [5.41, 5.74) is 4.75. The van der Waals surface area contributed by atoms with Gasteiger partial charge in [0.25, 0.3) is 0 Å². The highest BCUT2D eigenvalue weighted by Gasteiger charge is 2.24. The Balaban J connectivity index is 1.66. The number of ether oxygens (including phenoxy) is 2. The van der Waals surface area contributed by atoms with Gasteiger partial charge in [-0.05, 0) is 61.1 Å². The van der Waals surface area contributed by atoms with E-state index >= 15 is 0 Å². The van der Waals surface area contributed by atoms with E-state index in [1.165, 1.54) is 0 Å². The second-order valence-electron chi connectivity index (χ2n) is 9.43. The van der Waals surface area contributed by atoms with E-state index in [0.717, 1.165) is 54.1 Å². The van der Waals surface area contributed by atoms with Crippen molar-refractivity contribution in [2.45, 2.75) is 20.4 Å². The number of benzene rings is 3. The zero-order valence-corrected chi connectivity index (χ0v) is 24.0. The largest absolute Gasteiger partial charge is 0.493 e. The molecule has 0 bridgehead atoms. The van der Waals surface area contributed by atoms with Crippen molar-refractivity contribution in [1.82, 2.24) is 18.9 Å². The van der Waals surface area contributed by atoms with Crippen LogP contribution in [0, 0.1) is 0 Å². The van der Waals surface area contributed by atoms with Gasteiger partial charge in [0.1, 0.15) is 11.4 Å². The Morgan fingerprint density at radius 2 is 1.65 bits per heavy atom. The summed E-state index contributed by atoms with van der Waals surface area (Å²) < 4.78 is 15.0.